The number of carbonyl (C=O) groups is 1. The van der Waals surface area contributed by atoms with Gasteiger partial charge in [0.25, 0.3) is 5.91 Å². The van der Waals surface area contributed by atoms with Gasteiger partial charge in [0.05, 0.1) is 24.0 Å². The second-order valence-electron chi connectivity index (χ2n) is 5.17. The van der Waals surface area contributed by atoms with Crippen molar-refractivity contribution in [3.05, 3.63) is 47.3 Å². The Balaban J connectivity index is 2.17. The summed E-state index contributed by atoms with van der Waals surface area (Å²) in [6, 6.07) is 8.77. The van der Waals surface area contributed by atoms with E-state index in [1.54, 1.807) is 0 Å². The number of aliphatic hydroxyl groups is 1. The van der Waals surface area contributed by atoms with Gasteiger partial charge in [0, 0.05) is 0 Å². The Hall–Kier alpha value is -2.34. The maximum absolute atomic E-state index is 12.3. The second kappa shape index (κ2) is 6.41. The lowest BCUT2D eigenvalue weighted by atomic mass is 10.1. The first kappa shape index (κ1) is 15.1. The molecule has 0 unspecified atom stereocenters. The molecule has 0 aliphatic rings. The van der Waals surface area contributed by atoms with Crippen molar-refractivity contribution in [2.45, 2.75) is 25.8 Å². The quantitative estimate of drug-likeness (QED) is 0.670. The fourth-order valence-electron chi connectivity index (χ4n) is 2.12. The number of aliphatic hydroxyl groups excluding tert-OH is 1. The molecule has 1 atom stereocenters. The van der Waals surface area contributed by atoms with Crippen LogP contribution in [0.15, 0.2) is 30.3 Å². The minimum absolute atomic E-state index is 0.154. The average Bonchev–Trinajstić information content (AvgIpc) is 2.87. The summed E-state index contributed by atoms with van der Waals surface area (Å²) in [6.07, 6.45) is 0. The van der Waals surface area contributed by atoms with Crippen LogP contribution >= 0.6 is 0 Å². The van der Waals surface area contributed by atoms with Gasteiger partial charge in [-0.15, -0.1) is 0 Å². The van der Waals surface area contributed by atoms with Crippen molar-refractivity contribution in [2.24, 2.45) is 0 Å². The van der Waals surface area contributed by atoms with E-state index in [2.05, 4.69) is 15.5 Å². The summed E-state index contributed by atoms with van der Waals surface area (Å²) in [6.45, 7) is 3.73. The van der Waals surface area contributed by atoms with Gasteiger partial charge in [-0.2, -0.15) is 5.10 Å². The minimum atomic E-state index is -0.489. The molecular weight excluding hydrogens is 268 g/mol. The number of aromatic amines is 1. The molecule has 1 aromatic carbocycles. The van der Waals surface area contributed by atoms with Gasteiger partial charge in [0.1, 0.15) is 0 Å². The molecule has 0 fully saturated rings. The molecule has 0 bridgehead atoms. The molecule has 6 heteroatoms. The van der Waals surface area contributed by atoms with Crippen molar-refractivity contribution in [2.75, 3.05) is 12.3 Å². The second-order valence-corrected chi connectivity index (χ2v) is 5.17. The Kier molecular flexibility index (Phi) is 4.59. The van der Waals surface area contributed by atoms with E-state index in [0.717, 1.165) is 11.3 Å². The number of H-pyrrole nitrogens is 1. The van der Waals surface area contributed by atoms with Gasteiger partial charge < -0.3 is 16.2 Å². The van der Waals surface area contributed by atoms with Crippen molar-refractivity contribution in [3.63, 3.8) is 0 Å². The van der Waals surface area contributed by atoms with E-state index in [1.165, 1.54) is 0 Å². The van der Waals surface area contributed by atoms with Gasteiger partial charge in [-0.3, -0.25) is 9.89 Å². The molecule has 21 heavy (non-hydrogen) atoms. The Morgan fingerprint density at radius 2 is 2.05 bits per heavy atom. The zero-order valence-electron chi connectivity index (χ0n) is 12.1. The third-order valence-corrected chi connectivity index (χ3v) is 3.32. The molecule has 1 aromatic heterocycles. The van der Waals surface area contributed by atoms with Gasteiger partial charge in [-0.1, -0.05) is 44.2 Å². The number of aromatic nitrogens is 2. The van der Waals surface area contributed by atoms with E-state index in [9.17, 15) is 9.90 Å². The number of benzene rings is 1. The topological polar surface area (TPSA) is 104 Å². The Bertz CT molecular complexity index is 607. The largest absolute Gasteiger partial charge is 0.395 e. The number of nitrogens with two attached hydrogens (primary N) is 1. The highest BCUT2D eigenvalue weighted by molar-refractivity contribution is 5.97. The van der Waals surface area contributed by atoms with E-state index in [4.69, 9.17) is 5.73 Å². The molecule has 0 aliphatic heterocycles. The van der Waals surface area contributed by atoms with Gasteiger partial charge in [0.15, 0.2) is 5.69 Å². The highest BCUT2D eigenvalue weighted by Gasteiger charge is 2.21. The van der Waals surface area contributed by atoms with Crippen LogP contribution in [0.3, 0.4) is 0 Å². The molecule has 0 spiro atoms. The summed E-state index contributed by atoms with van der Waals surface area (Å²) < 4.78 is 0. The Labute approximate surface area is 123 Å². The van der Waals surface area contributed by atoms with Crippen LogP contribution in [0.4, 0.5) is 5.69 Å². The van der Waals surface area contributed by atoms with Crippen molar-refractivity contribution < 1.29 is 9.90 Å². The molecule has 0 saturated heterocycles. The predicted octanol–water partition coefficient (Wildman–Crippen LogP) is 1.58. The van der Waals surface area contributed by atoms with Gasteiger partial charge in [-0.05, 0) is 11.5 Å². The number of hydrogen-bond donors (Lipinski definition) is 4. The van der Waals surface area contributed by atoms with Crippen molar-refractivity contribution >= 4 is 11.6 Å². The molecule has 2 aromatic rings. The van der Waals surface area contributed by atoms with Crippen molar-refractivity contribution in [1.29, 1.82) is 0 Å². The summed E-state index contributed by atoms with van der Waals surface area (Å²) in [4.78, 5) is 12.3. The number of rotatable bonds is 5. The summed E-state index contributed by atoms with van der Waals surface area (Å²) in [5.74, 6) is -0.250. The monoisotopic (exact) mass is 288 g/mol. The van der Waals surface area contributed by atoms with Gasteiger partial charge in [0.2, 0.25) is 0 Å². The number of anilines is 1. The zero-order chi connectivity index (χ0) is 15.4. The Morgan fingerprint density at radius 3 is 2.57 bits per heavy atom. The lowest BCUT2D eigenvalue weighted by Crippen LogP contribution is -2.31. The number of nitrogen functional groups attached to an aromatic ring is 1. The van der Waals surface area contributed by atoms with Crippen molar-refractivity contribution in [3.8, 4) is 0 Å². The highest BCUT2D eigenvalue weighted by atomic mass is 16.3. The summed E-state index contributed by atoms with van der Waals surface area (Å²) in [5, 5.41) is 19.0. The maximum atomic E-state index is 12.3. The molecular formula is C15H20N4O2. The van der Waals surface area contributed by atoms with Crippen LogP contribution < -0.4 is 11.1 Å². The molecule has 0 saturated carbocycles. The number of carbonyl (C=O) groups excluding carboxylic acids is 1. The highest BCUT2D eigenvalue weighted by Crippen LogP contribution is 2.22. The molecule has 1 heterocycles. The van der Waals surface area contributed by atoms with E-state index in [-0.39, 0.29) is 18.2 Å². The van der Waals surface area contributed by atoms with Crippen LogP contribution in [-0.2, 0) is 0 Å². The van der Waals surface area contributed by atoms with Crippen LogP contribution in [0.25, 0.3) is 0 Å². The average molecular weight is 288 g/mol. The van der Waals surface area contributed by atoms with E-state index < -0.39 is 11.9 Å². The molecule has 112 valence electrons. The first-order chi connectivity index (χ1) is 10.0. The van der Waals surface area contributed by atoms with Crippen LogP contribution in [0, 0.1) is 0 Å². The third kappa shape index (κ3) is 3.22. The fourth-order valence-corrected chi connectivity index (χ4v) is 2.12. The predicted molar refractivity (Wildman–Crippen MR) is 80.8 cm³/mol. The number of amides is 1. The van der Waals surface area contributed by atoms with Crippen LogP contribution in [-0.4, -0.2) is 27.8 Å². The molecule has 0 radical (unpaired) electrons. The molecule has 5 N–H and O–H groups in total. The normalized spacial score (nSPS) is 12.4. The van der Waals surface area contributed by atoms with Crippen molar-refractivity contribution in [1.82, 2.24) is 15.5 Å². The fraction of sp³-hybridized carbons (Fsp3) is 0.333. The third-order valence-electron chi connectivity index (χ3n) is 3.32. The lowest BCUT2D eigenvalue weighted by molar-refractivity contribution is 0.0912. The first-order valence-electron chi connectivity index (χ1n) is 6.85. The van der Waals surface area contributed by atoms with Crippen LogP contribution in [0.1, 0.15) is 47.6 Å². The SMILES string of the molecule is CC(C)c1[nH]nc(C(=O)N[C@H](CO)c2ccccc2)c1N. The summed E-state index contributed by atoms with van der Waals surface area (Å²) in [7, 11) is 0. The number of hydrogen-bond acceptors (Lipinski definition) is 4. The molecule has 2 rings (SSSR count). The standard InChI is InChI=1S/C15H20N4O2/c1-9(2)13-12(16)14(19-18-13)15(21)17-11(8-20)10-6-4-3-5-7-10/h3-7,9,11,20H,8,16H2,1-2H3,(H,17,21)(H,18,19)/t11-/m1/s1. The minimum Gasteiger partial charge on any atom is -0.395 e. The number of nitrogens with one attached hydrogen (secondary N) is 2. The lowest BCUT2D eigenvalue weighted by Gasteiger charge is -2.16. The molecule has 6 nitrogen and oxygen atoms in total. The smallest absolute Gasteiger partial charge is 0.274 e. The van der Waals surface area contributed by atoms with Gasteiger partial charge in [-0.25, -0.2) is 0 Å². The van der Waals surface area contributed by atoms with Gasteiger partial charge >= 0.3 is 0 Å². The first-order valence-corrected chi connectivity index (χ1v) is 6.85. The summed E-state index contributed by atoms with van der Waals surface area (Å²) >= 11 is 0. The summed E-state index contributed by atoms with van der Waals surface area (Å²) in [5.41, 5.74) is 8.02. The number of nitrogens with zero attached hydrogens (tertiary/aromatic N) is 1. The van der Waals surface area contributed by atoms with E-state index in [1.807, 2.05) is 44.2 Å². The van der Waals surface area contributed by atoms with Crippen LogP contribution in [0.5, 0.6) is 0 Å². The van der Waals surface area contributed by atoms with E-state index >= 15 is 0 Å². The van der Waals surface area contributed by atoms with Crippen LogP contribution in [0.2, 0.25) is 0 Å². The maximum Gasteiger partial charge on any atom is 0.274 e. The van der Waals surface area contributed by atoms with E-state index in [0.29, 0.717) is 5.69 Å². The Morgan fingerprint density at radius 1 is 1.38 bits per heavy atom. The molecule has 0 aliphatic carbocycles. The molecule has 1 amide bonds. The zero-order valence-corrected chi connectivity index (χ0v) is 12.1.